The molecular formula is C17H21N5OS. The van der Waals surface area contributed by atoms with Crippen molar-refractivity contribution >= 4 is 33.3 Å². The third-order valence-corrected chi connectivity index (χ3v) is 5.07. The lowest BCUT2D eigenvalue weighted by Crippen LogP contribution is -2.41. The maximum Gasteiger partial charge on any atom is 0.223 e. The molecule has 2 aromatic heterocycles. The lowest BCUT2D eigenvalue weighted by Gasteiger charge is -2.29. The first kappa shape index (κ1) is 16.7. The highest BCUT2D eigenvalue weighted by atomic mass is 32.1. The Morgan fingerprint density at radius 3 is 3.00 bits per heavy atom. The first-order valence-electron chi connectivity index (χ1n) is 8.13. The summed E-state index contributed by atoms with van der Waals surface area (Å²) >= 11 is 1.59. The number of nitrogens with one attached hydrogen (secondary N) is 2. The highest BCUT2D eigenvalue weighted by molar-refractivity contribution is 7.16. The summed E-state index contributed by atoms with van der Waals surface area (Å²) in [7, 11) is 0. The summed E-state index contributed by atoms with van der Waals surface area (Å²) < 4.78 is 0. The smallest absolute Gasteiger partial charge is 0.223 e. The number of nitrogens with zero attached hydrogens (tertiary/aromatic N) is 3. The normalized spacial score (nSPS) is 16.0. The van der Waals surface area contributed by atoms with E-state index in [1.165, 1.54) is 0 Å². The van der Waals surface area contributed by atoms with Crippen molar-refractivity contribution < 1.29 is 4.79 Å². The van der Waals surface area contributed by atoms with Crippen LogP contribution in [-0.2, 0) is 4.79 Å². The van der Waals surface area contributed by atoms with Crippen molar-refractivity contribution in [2.24, 2.45) is 5.92 Å². The Bertz CT molecular complexity index is 730. The first-order chi connectivity index (χ1) is 11.8. The summed E-state index contributed by atoms with van der Waals surface area (Å²) in [6.07, 6.45) is 8.64. The number of anilines is 1. The lowest BCUT2D eigenvalue weighted by molar-refractivity contribution is -0.126. The largest absolute Gasteiger partial charge is 0.368 e. The number of fused-ring (bicyclic) bond motifs is 1. The Morgan fingerprint density at radius 1 is 1.38 bits per heavy atom. The van der Waals surface area contributed by atoms with Crippen LogP contribution in [0, 0.1) is 18.3 Å². The molecule has 126 valence electrons. The zero-order valence-electron chi connectivity index (χ0n) is 13.5. The van der Waals surface area contributed by atoms with E-state index in [4.69, 9.17) is 6.42 Å². The molecule has 3 rings (SSSR count). The fourth-order valence-corrected chi connectivity index (χ4v) is 3.66. The molecular weight excluding hydrogens is 322 g/mol. The van der Waals surface area contributed by atoms with E-state index in [1.807, 2.05) is 11.4 Å². The second-order valence-corrected chi connectivity index (χ2v) is 6.73. The predicted octanol–water partition coefficient (Wildman–Crippen LogP) is 1.56. The van der Waals surface area contributed by atoms with Gasteiger partial charge in [-0.2, -0.15) is 0 Å². The molecule has 6 nitrogen and oxygen atoms in total. The van der Waals surface area contributed by atoms with Crippen molar-refractivity contribution in [3.8, 4) is 12.3 Å². The number of hydrogen-bond acceptors (Lipinski definition) is 6. The Labute approximate surface area is 145 Å². The topological polar surface area (TPSA) is 70.2 Å². The molecule has 1 amide bonds. The molecule has 0 unspecified atom stereocenters. The Hall–Kier alpha value is -2.17. The van der Waals surface area contributed by atoms with E-state index in [9.17, 15) is 4.79 Å². The first-order valence-corrected chi connectivity index (χ1v) is 9.01. The van der Waals surface area contributed by atoms with E-state index in [1.54, 1.807) is 17.7 Å². The second-order valence-electron chi connectivity index (χ2n) is 5.83. The Morgan fingerprint density at radius 2 is 2.21 bits per heavy atom. The molecule has 1 saturated heterocycles. The van der Waals surface area contributed by atoms with Crippen molar-refractivity contribution in [3.63, 3.8) is 0 Å². The van der Waals surface area contributed by atoms with Crippen LogP contribution in [0.5, 0.6) is 0 Å². The zero-order chi connectivity index (χ0) is 16.8. The molecule has 0 aliphatic carbocycles. The minimum absolute atomic E-state index is 0.0988. The molecule has 3 heterocycles. The fourth-order valence-electron chi connectivity index (χ4n) is 2.92. The van der Waals surface area contributed by atoms with Crippen molar-refractivity contribution in [2.75, 3.05) is 38.0 Å². The molecule has 2 aromatic rings. The average Bonchev–Trinajstić information content (AvgIpc) is 3.09. The van der Waals surface area contributed by atoms with Crippen LogP contribution in [0.4, 0.5) is 5.82 Å². The van der Waals surface area contributed by atoms with Gasteiger partial charge in [0.25, 0.3) is 0 Å². The van der Waals surface area contributed by atoms with E-state index < -0.39 is 0 Å². The second kappa shape index (κ2) is 8.08. The standard InChI is InChI=1S/C17H21N5OS/c1-2-8-22-9-3-13(4-10-22)16(23)19-7-6-18-15-14-5-11-24-17(14)21-12-20-15/h1,5,11-13H,3-4,6-10H2,(H,19,23)(H,18,20,21). The van der Waals surface area contributed by atoms with E-state index in [2.05, 4.69) is 31.4 Å². The van der Waals surface area contributed by atoms with Crippen LogP contribution in [0.2, 0.25) is 0 Å². The summed E-state index contributed by atoms with van der Waals surface area (Å²) in [5.41, 5.74) is 0. The molecule has 0 saturated carbocycles. The van der Waals surface area contributed by atoms with Gasteiger partial charge < -0.3 is 10.6 Å². The number of carbonyl (C=O) groups excluding carboxylic acids is 1. The van der Waals surface area contributed by atoms with E-state index in [0.29, 0.717) is 19.6 Å². The predicted molar refractivity (Wildman–Crippen MR) is 96.9 cm³/mol. The molecule has 0 bridgehead atoms. The molecule has 0 atom stereocenters. The van der Waals surface area contributed by atoms with Gasteiger partial charge in [0.2, 0.25) is 5.91 Å². The zero-order valence-corrected chi connectivity index (χ0v) is 14.3. The Kier molecular flexibility index (Phi) is 5.62. The van der Waals surface area contributed by atoms with Gasteiger partial charge >= 0.3 is 0 Å². The number of thiophene rings is 1. The third kappa shape index (κ3) is 4.02. The minimum Gasteiger partial charge on any atom is -0.368 e. The average molecular weight is 343 g/mol. The SMILES string of the molecule is C#CCN1CCC(C(=O)NCCNc2ncnc3sccc23)CC1. The lowest BCUT2D eigenvalue weighted by atomic mass is 9.96. The van der Waals surface area contributed by atoms with Crippen LogP contribution >= 0.6 is 11.3 Å². The fraction of sp³-hybridized carbons (Fsp3) is 0.471. The number of aromatic nitrogens is 2. The molecule has 1 fully saturated rings. The highest BCUT2D eigenvalue weighted by Gasteiger charge is 2.24. The molecule has 1 aliphatic heterocycles. The number of hydrogen-bond donors (Lipinski definition) is 2. The molecule has 2 N–H and O–H groups in total. The van der Waals surface area contributed by atoms with Crippen LogP contribution in [-0.4, -0.2) is 53.5 Å². The maximum absolute atomic E-state index is 12.2. The van der Waals surface area contributed by atoms with Gasteiger partial charge in [0, 0.05) is 19.0 Å². The quantitative estimate of drug-likeness (QED) is 0.615. The molecule has 0 aromatic carbocycles. The summed E-state index contributed by atoms with van der Waals surface area (Å²) in [6, 6.07) is 2.00. The Balaban J connectivity index is 1.40. The van der Waals surface area contributed by atoms with Gasteiger partial charge in [-0.05, 0) is 37.4 Å². The van der Waals surface area contributed by atoms with Gasteiger partial charge in [-0.3, -0.25) is 9.69 Å². The van der Waals surface area contributed by atoms with Gasteiger partial charge in [0.15, 0.2) is 0 Å². The molecule has 0 spiro atoms. The van der Waals surface area contributed by atoms with Crippen molar-refractivity contribution in [2.45, 2.75) is 12.8 Å². The highest BCUT2D eigenvalue weighted by Crippen LogP contribution is 2.23. The summed E-state index contributed by atoms with van der Waals surface area (Å²) in [6.45, 7) is 3.70. The van der Waals surface area contributed by atoms with Crippen LogP contribution in [0.3, 0.4) is 0 Å². The van der Waals surface area contributed by atoms with E-state index >= 15 is 0 Å². The number of amides is 1. The van der Waals surface area contributed by atoms with Crippen LogP contribution < -0.4 is 10.6 Å². The van der Waals surface area contributed by atoms with Gasteiger partial charge in [0.05, 0.1) is 11.9 Å². The summed E-state index contributed by atoms with van der Waals surface area (Å²) in [5, 5.41) is 9.30. The number of rotatable bonds is 6. The van der Waals surface area contributed by atoms with Crippen LogP contribution in [0.15, 0.2) is 17.8 Å². The molecule has 24 heavy (non-hydrogen) atoms. The van der Waals surface area contributed by atoms with Gasteiger partial charge in [0.1, 0.15) is 17.0 Å². The van der Waals surface area contributed by atoms with Crippen molar-refractivity contribution in [3.05, 3.63) is 17.8 Å². The molecule has 0 radical (unpaired) electrons. The molecule has 7 heteroatoms. The number of carbonyl (C=O) groups is 1. The minimum atomic E-state index is 0.0988. The van der Waals surface area contributed by atoms with E-state index in [-0.39, 0.29) is 11.8 Å². The number of piperidine rings is 1. The van der Waals surface area contributed by atoms with Gasteiger partial charge in [-0.15, -0.1) is 17.8 Å². The van der Waals surface area contributed by atoms with Gasteiger partial charge in [-0.1, -0.05) is 5.92 Å². The summed E-state index contributed by atoms with van der Waals surface area (Å²) in [5.74, 6) is 3.71. The molecule has 1 aliphatic rings. The van der Waals surface area contributed by atoms with Crippen LogP contribution in [0.25, 0.3) is 10.2 Å². The number of likely N-dealkylation sites (tertiary alicyclic amines) is 1. The van der Waals surface area contributed by atoms with Crippen molar-refractivity contribution in [1.82, 2.24) is 20.2 Å². The third-order valence-electron chi connectivity index (χ3n) is 4.25. The van der Waals surface area contributed by atoms with Gasteiger partial charge in [-0.25, -0.2) is 9.97 Å². The van der Waals surface area contributed by atoms with E-state index in [0.717, 1.165) is 42.0 Å². The monoisotopic (exact) mass is 343 g/mol. The summed E-state index contributed by atoms with van der Waals surface area (Å²) in [4.78, 5) is 23.9. The van der Waals surface area contributed by atoms with Crippen LogP contribution in [0.1, 0.15) is 12.8 Å². The number of terminal acetylenes is 1. The maximum atomic E-state index is 12.2. The van der Waals surface area contributed by atoms with Crippen molar-refractivity contribution in [1.29, 1.82) is 0 Å².